The van der Waals surface area contributed by atoms with Crippen molar-refractivity contribution in [3.05, 3.63) is 0 Å². The summed E-state index contributed by atoms with van der Waals surface area (Å²) in [6, 6.07) is 0. The average Bonchev–Trinajstić information content (AvgIpc) is 1.97. The van der Waals surface area contributed by atoms with Crippen molar-refractivity contribution in [1.82, 2.24) is 0 Å². The van der Waals surface area contributed by atoms with Gasteiger partial charge < -0.3 is 0 Å². The molecule has 0 aromatic heterocycles. The normalized spacial score (nSPS) is 40.6. The Kier molecular flexibility index (Phi) is 2.06. The molecule has 0 saturated heterocycles. The second-order valence-corrected chi connectivity index (χ2v) is 4.63. The van der Waals surface area contributed by atoms with Gasteiger partial charge in [0.05, 0.1) is 5.38 Å². The standard InChI is InChI=1S/C9H12ClF3/c10-7(6-2-1-3-6)8(11)4-5-9(8,12)13/h6-7H,1-5H2. The fraction of sp³-hybridized carbons (Fsp3) is 1.00. The molecule has 76 valence electrons. The first kappa shape index (κ1) is 9.63. The van der Waals surface area contributed by atoms with Gasteiger partial charge in [-0.25, -0.2) is 13.2 Å². The summed E-state index contributed by atoms with van der Waals surface area (Å²) in [5.41, 5.74) is -2.42. The maximum absolute atomic E-state index is 13.7. The van der Waals surface area contributed by atoms with Crippen LogP contribution in [0.1, 0.15) is 32.1 Å². The van der Waals surface area contributed by atoms with Crippen molar-refractivity contribution < 1.29 is 13.2 Å². The van der Waals surface area contributed by atoms with Crippen LogP contribution < -0.4 is 0 Å². The molecular formula is C9H12ClF3. The monoisotopic (exact) mass is 212 g/mol. The van der Waals surface area contributed by atoms with Crippen LogP contribution in [-0.2, 0) is 0 Å². The van der Waals surface area contributed by atoms with E-state index in [0.29, 0.717) is 0 Å². The zero-order chi connectivity index (χ0) is 9.69. The second kappa shape index (κ2) is 2.78. The quantitative estimate of drug-likeness (QED) is 0.615. The molecule has 2 unspecified atom stereocenters. The van der Waals surface area contributed by atoms with Crippen LogP contribution >= 0.6 is 11.6 Å². The van der Waals surface area contributed by atoms with Crippen LogP contribution in [0.5, 0.6) is 0 Å². The first-order valence-electron chi connectivity index (χ1n) is 4.68. The molecule has 0 aromatic rings. The van der Waals surface area contributed by atoms with Gasteiger partial charge in [0.2, 0.25) is 0 Å². The molecule has 2 rings (SSSR count). The zero-order valence-corrected chi connectivity index (χ0v) is 7.96. The molecule has 0 spiro atoms. The lowest BCUT2D eigenvalue weighted by Crippen LogP contribution is -2.61. The van der Waals surface area contributed by atoms with Gasteiger partial charge in [-0.3, -0.25) is 0 Å². The highest BCUT2D eigenvalue weighted by Gasteiger charge is 2.67. The van der Waals surface area contributed by atoms with Crippen LogP contribution in [0, 0.1) is 5.92 Å². The van der Waals surface area contributed by atoms with Crippen LogP contribution in [0.3, 0.4) is 0 Å². The third-order valence-electron chi connectivity index (χ3n) is 3.41. The fourth-order valence-electron chi connectivity index (χ4n) is 2.00. The summed E-state index contributed by atoms with van der Waals surface area (Å²) in [6.07, 6.45) is 2.17. The van der Waals surface area contributed by atoms with Crippen LogP contribution in [-0.4, -0.2) is 17.0 Å². The first-order valence-corrected chi connectivity index (χ1v) is 5.12. The highest BCUT2D eigenvalue weighted by atomic mass is 35.5. The van der Waals surface area contributed by atoms with Gasteiger partial charge in [0.1, 0.15) is 0 Å². The summed E-state index contributed by atoms with van der Waals surface area (Å²) in [5.74, 6) is -3.22. The molecule has 0 N–H and O–H groups in total. The average molecular weight is 213 g/mol. The van der Waals surface area contributed by atoms with Crippen molar-refractivity contribution in [2.75, 3.05) is 0 Å². The van der Waals surface area contributed by atoms with Gasteiger partial charge in [-0.2, -0.15) is 0 Å². The third kappa shape index (κ3) is 1.19. The molecule has 0 aliphatic heterocycles. The summed E-state index contributed by atoms with van der Waals surface area (Å²) in [6.45, 7) is 0. The van der Waals surface area contributed by atoms with E-state index in [2.05, 4.69) is 0 Å². The molecule has 2 saturated carbocycles. The molecule has 2 fully saturated rings. The van der Waals surface area contributed by atoms with Crippen molar-refractivity contribution in [2.45, 2.75) is 49.1 Å². The van der Waals surface area contributed by atoms with E-state index in [1.165, 1.54) is 0 Å². The predicted octanol–water partition coefficient (Wildman–Crippen LogP) is 3.53. The van der Waals surface area contributed by atoms with E-state index in [1.807, 2.05) is 0 Å². The van der Waals surface area contributed by atoms with Gasteiger partial charge in [-0.1, -0.05) is 6.42 Å². The maximum Gasteiger partial charge on any atom is 0.283 e. The molecule has 0 amide bonds. The van der Waals surface area contributed by atoms with E-state index in [4.69, 9.17) is 11.6 Å². The Bertz CT molecular complexity index is 215. The van der Waals surface area contributed by atoms with Gasteiger partial charge in [-0.15, -0.1) is 11.6 Å². The van der Waals surface area contributed by atoms with Crippen LogP contribution in [0.2, 0.25) is 0 Å². The lowest BCUT2D eigenvalue weighted by Gasteiger charge is -2.49. The van der Waals surface area contributed by atoms with Gasteiger partial charge >= 0.3 is 0 Å². The molecule has 0 nitrogen and oxygen atoms in total. The van der Waals surface area contributed by atoms with Gasteiger partial charge in [0.15, 0.2) is 5.67 Å². The number of alkyl halides is 4. The summed E-state index contributed by atoms with van der Waals surface area (Å²) >= 11 is 5.76. The van der Waals surface area contributed by atoms with E-state index < -0.39 is 17.0 Å². The van der Waals surface area contributed by atoms with Crippen LogP contribution in [0.25, 0.3) is 0 Å². The maximum atomic E-state index is 13.7. The van der Waals surface area contributed by atoms with E-state index >= 15 is 0 Å². The van der Waals surface area contributed by atoms with Crippen LogP contribution in [0.15, 0.2) is 0 Å². The highest BCUT2D eigenvalue weighted by molar-refractivity contribution is 6.21. The minimum atomic E-state index is -3.19. The largest absolute Gasteiger partial charge is 0.283 e. The van der Waals surface area contributed by atoms with Gasteiger partial charge in [0.25, 0.3) is 5.92 Å². The van der Waals surface area contributed by atoms with Crippen LogP contribution in [0.4, 0.5) is 13.2 Å². The zero-order valence-electron chi connectivity index (χ0n) is 7.20. The Morgan fingerprint density at radius 1 is 1.15 bits per heavy atom. The van der Waals surface area contributed by atoms with Crippen molar-refractivity contribution in [1.29, 1.82) is 0 Å². The third-order valence-corrected chi connectivity index (χ3v) is 4.11. The van der Waals surface area contributed by atoms with E-state index in [0.717, 1.165) is 19.3 Å². The van der Waals surface area contributed by atoms with E-state index in [1.54, 1.807) is 0 Å². The highest BCUT2D eigenvalue weighted by Crippen LogP contribution is 2.56. The topological polar surface area (TPSA) is 0 Å². The number of rotatable bonds is 2. The number of hydrogen-bond donors (Lipinski definition) is 0. The summed E-state index contributed by atoms with van der Waals surface area (Å²) in [5, 5.41) is -0.981. The smallest absolute Gasteiger partial charge is 0.236 e. The molecule has 0 radical (unpaired) electrons. The molecule has 4 heteroatoms. The Balaban J connectivity index is 2.06. The SMILES string of the molecule is FC1(F)CCC1(F)C(Cl)C1CCC1. The minimum Gasteiger partial charge on any atom is -0.236 e. The Hall–Kier alpha value is 0.0800. The van der Waals surface area contributed by atoms with Gasteiger partial charge in [0, 0.05) is 6.42 Å². The minimum absolute atomic E-state index is 0.0298. The molecular weight excluding hydrogens is 201 g/mol. The summed E-state index contributed by atoms with van der Waals surface area (Å²) in [4.78, 5) is 0. The lowest BCUT2D eigenvalue weighted by molar-refractivity contribution is -0.218. The number of hydrogen-bond acceptors (Lipinski definition) is 0. The fourth-order valence-corrected chi connectivity index (χ4v) is 2.52. The molecule has 2 aliphatic rings. The summed E-state index contributed by atoms with van der Waals surface area (Å²) < 4.78 is 39.5. The Morgan fingerprint density at radius 2 is 1.77 bits per heavy atom. The Labute approximate surface area is 80.4 Å². The molecule has 0 heterocycles. The van der Waals surface area contributed by atoms with E-state index in [9.17, 15) is 13.2 Å². The van der Waals surface area contributed by atoms with Gasteiger partial charge in [-0.05, 0) is 25.2 Å². The molecule has 0 aromatic carbocycles. The van der Waals surface area contributed by atoms with Crippen molar-refractivity contribution >= 4 is 11.6 Å². The molecule has 0 bridgehead atoms. The van der Waals surface area contributed by atoms with E-state index in [-0.39, 0.29) is 18.8 Å². The van der Waals surface area contributed by atoms with Crippen molar-refractivity contribution in [3.63, 3.8) is 0 Å². The van der Waals surface area contributed by atoms with Crippen molar-refractivity contribution in [2.24, 2.45) is 5.92 Å². The van der Waals surface area contributed by atoms with Crippen molar-refractivity contribution in [3.8, 4) is 0 Å². The molecule has 2 atom stereocenters. The number of halogens is 4. The molecule has 13 heavy (non-hydrogen) atoms. The first-order chi connectivity index (χ1) is 5.97. The predicted molar refractivity (Wildman–Crippen MR) is 45.0 cm³/mol. The lowest BCUT2D eigenvalue weighted by atomic mass is 9.67. The second-order valence-electron chi connectivity index (χ2n) is 4.16. The molecule has 2 aliphatic carbocycles. The summed E-state index contributed by atoms with van der Waals surface area (Å²) in [7, 11) is 0. The Morgan fingerprint density at radius 3 is 2.00 bits per heavy atom.